The Morgan fingerprint density at radius 3 is 2.57 bits per heavy atom. The summed E-state index contributed by atoms with van der Waals surface area (Å²) >= 11 is 6.16. The number of nitrogens with zero attached hydrogens (tertiary/aromatic N) is 1. The summed E-state index contributed by atoms with van der Waals surface area (Å²) in [6.45, 7) is 1.29. The number of ketones is 1. The summed E-state index contributed by atoms with van der Waals surface area (Å²) in [7, 11) is 4.89. The van der Waals surface area contributed by atoms with Crippen LogP contribution in [0, 0.1) is 5.92 Å². The number of hydrogen-bond acceptors (Lipinski definition) is 6. The van der Waals surface area contributed by atoms with Gasteiger partial charge < -0.3 is 24.6 Å². The standard InChI is InChI=1S/C23H26ClNO5/c1-25-11-15(13-26)16(12-25)21-19(29-2)10-20(30-3)22(23(21)28)18(27)9-8-14-6-4-5-7-17(14)24/h4-10,15-16,26,28H,11-13H2,1-3H3/b9-8+. The number of rotatable bonds is 7. The lowest BCUT2D eigenvalue weighted by atomic mass is 9.86. The maximum Gasteiger partial charge on any atom is 0.193 e. The first kappa shape index (κ1) is 22.2. The molecule has 7 heteroatoms. The minimum absolute atomic E-state index is 0.0285. The van der Waals surface area contributed by atoms with Crippen LogP contribution >= 0.6 is 11.6 Å². The highest BCUT2D eigenvalue weighted by atomic mass is 35.5. The van der Waals surface area contributed by atoms with Crippen LogP contribution in [0.2, 0.25) is 5.02 Å². The number of hydrogen-bond donors (Lipinski definition) is 2. The average molecular weight is 432 g/mol. The van der Waals surface area contributed by atoms with Crippen molar-refractivity contribution in [3.8, 4) is 17.2 Å². The van der Waals surface area contributed by atoms with Crippen LogP contribution in [0.15, 0.2) is 36.4 Å². The molecule has 2 unspecified atom stereocenters. The van der Waals surface area contributed by atoms with E-state index < -0.39 is 5.78 Å². The molecule has 2 aromatic carbocycles. The van der Waals surface area contributed by atoms with Gasteiger partial charge in [-0.1, -0.05) is 29.8 Å². The van der Waals surface area contributed by atoms with Crippen LogP contribution in [0.3, 0.4) is 0 Å². The lowest BCUT2D eigenvalue weighted by molar-refractivity contribution is 0.104. The highest BCUT2D eigenvalue weighted by Gasteiger charge is 2.37. The zero-order chi connectivity index (χ0) is 21.8. The van der Waals surface area contributed by atoms with Crippen molar-refractivity contribution in [2.75, 3.05) is 41.0 Å². The third kappa shape index (κ3) is 4.31. The first-order chi connectivity index (χ1) is 14.4. The van der Waals surface area contributed by atoms with E-state index in [1.165, 1.54) is 20.3 Å². The predicted octanol–water partition coefficient (Wildman–Crippen LogP) is 3.60. The van der Waals surface area contributed by atoms with Crippen molar-refractivity contribution in [3.05, 3.63) is 58.1 Å². The number of benzene rings is 2. The highest BCUT2D eigenvalue weighted by Crippen LogP contribution is 2.47. The molecule has 1 saturated heterocycles. The quantitative estimate of drug-likeness (QED) is 0.515. The lowest BCUT2D eigenvalue weighted by Crippen LogP contribution is -2.17. The van der Waals surface area contributed by atoms with Crippen LogP contribution < -0.4 is 9.47 Å². The number of aliphatic hydroxyl groups is 1. The van der Waals surface area contributed by atoms with E-state index in [1.807, 2.05) is 19.2 Å². The van der Waals surface area contributed by atoms with Gasteiger partial charge in [0.25, 0.3) is 0 Å². The van der Waals surface area contributed by atoms with Crippen LogP contribution in [0.25, 0.3) is 6.08 Å². The number of halogens is 1. The summed E-state index contributed by atoms with van der Waals surface area (Å²) < 4.78 is 10.9. The van der Waals surface area contributed by atoms with Gasteiger partial charge in [-0.2, -0.15) is 0 Å². The molecule has 0 saturated carbocycles. The molecule has 30 heavy (non-hydrogen) atoms. The molecule has 1 aliphatic heterocycles. The van der Waals surface area contributed by atoms with Crippen molar-refractivity contribution in [3.63, 3.8) is 0 Å². The molecule has 0 aromatic heterocycles. The topological polar surface area (TPSA) is 79.2 Å². The molecule has 1 fully saturated rings. The van der Waals surface area contributed by atoms with Crippen LogP contribution in [0.1, 0.15) is 27.4 Å². The van der Waals surface area contributed by atoms with Gasteiger partial charge in [0.15, 0.2) is 5.78 Å². The van der Waals surface area contributed by atoms with Gasteiger partial charge in [-0.25, -0.2) is 0 Å². The molecule has 0 spiro atoms. The van der Waals surface area contributed by atoms with E-state index in [4.69, 9.17) is 21.1 Å². The van der Waals surface area contributed by atoms with E-state index in [1.54, 1.807) is 24.3 Å². The molecular weight excluding hydrogens is 406 g/mol. The third-order valence-electron chi connectivity index (χ3n) is 5.50. The molecule has 0 aliphatic carbocycles. The molecule has 0 bridgehead atoms. The number of allylic oxidation sites excluding steroid dienone is 1. The zero-order valence-corrected chi connectivity index (χ0v) is 18.0. The molecule has 1 heterocycles. The van der Waals surface area contributed by atoms with Crippen molar-refractivity contribution in [1.82, 2.24) is 4.90 Å². The summed E-state index contributed by atoms with van der Waals surface area (Å²) in [5.74, 6) is -0.216. The zero-order valence-electron chi connectivity index (χ0n) is 17.3. The molecule has 2 atom stereocenters. The minimum atomic E-state index is -0.417. The maximum atomic E-state index is 13.0. The van der Waals surface area contributed by atoms with Crippen molar-refractivity contribution in [2.24, 2.45) is 5.92 Å². The monoisotopic (exact) mass is 431 g/mol. The predicted molar refractivity (Wildman–Crippen MR) is 117 cm³/mol. The SMILES string of the molecule is COc1cc(OC)c(C2CN(C)CC2CO)c(O)c1C(=O)/C=C/c1ccccc1Cl. The number of aromatic hydroxyl groups is 1. The Hall–Kier alpha value is -2.54. The van der Waals surface area contributed by atoms with Crippen molar-refractivity contribution < 1.29 is 24.5 Å². The van der Waals surface area contributed by atoms with E-state index in [0.717, 1.165) is 0 Å². The van der Waals surface area contributed by atoms with Gasteiger partial charge in [-0.15, -0.1) is 0 Å². The molecule has 1 aliphatic rings. The molecular formula is C23H26ClNO5. The van der Waals surface area contributed by atoms with Crippen LogP contribution in [-0.2, 0) is 0 Å². The highest BCUT2D eigenvalue weighted by molar-refractivity contribution is 6.32. The van der Waals surface area contributed by atoms with Gasteiger partial charge in [-0.3, -0.25) is 4.79 Å². The smallest absolute Gasteiger partial charge is 0.193 e. The van der Waals surface area contributed by atoms with Gasteiger partial charge in [0, 0.05) is 48.2 Å². The Morgan fingerprint density at radius 2 is 1.93 bits per heavy atom. The number of aliphatic hydroxyl groups excluding tert-OH is 1. The fourth-order valence-corrected chi connectivity index (χ4v) is 4.22. The van der Waals surface area contributed by atoms with Crippen molar-refractivity contribution >= 4 is 23.5 Å². The molecule has 3 rings (SSSR count). The first-order valence-corrected chi connectivity index (χ1v) is 10.0. The molecule has 0 amide bonds. The van der Waals surface area contributed by atoms with E-state index in [0.29, 0.717) is 35.0 Å². The second kappa shape index (κ2) is 9.51. The number of carbonyl (C=O) groups is 1. The normalized spacial score (nSPS) is 19.4. The van der Waals surface area contributed by atoms with Crippen LogP contribution in [0.5, 0.6) is 17.2 Å². The van der Waals surface area contributed by atoms with Gasteiger partial charge in [-0.05, 0) is 30.8 Å². The first-order valence-electron chi connectivity index (χ1n) is 9.65. The van der Waals surface area contributed by atoms with Gasteiger partial charge in [0.05, 0.1) is 14.2 Å². The Bertz CT molecular complexity index is 959. The Morgan fingerprint density at radius 1 is 1.23 bits per heavy atom. The molecule has 0 radical (unpaired) electrons. The minimum Gasteiger partial charge on any atom is -0.507 e. The summed E-state index contributed by atoms with van der Waals surface area (Å²) in [6, 6.07) is 8.77. The van der Waals surface area contributed by atoms with Crippen molar-refractivity contribution in [2.45, 2.75) is 5.92 Å². The number of phenols is 1. The largest absolute Gasteiger partial charge is 0.507 e. The number of phenolic OH excluding ortho intramolecular Hbond substituents is 1. The lowest BCUT2D eigenvalue weighted by Gasteiger charge is -2.23. The van der Waals surface area contributed by atoms with E-state index in [9.17, 15) is 15.0 Å². The van der Waals surface area contributed by atoms with Crippen LogP contribution in [-0.4, -0.2) is 61.9 Å². The Kier molecular flexibility index (Phi) is 7.02. The van der Waals surface area contributed by atoms with Gasteiger partial charge in [0.2, 0.25) is 0 Å². The van der Waals surface area contributed by atoms with E-state index >= 15 is 0 Å². The van der Waals surface area contributed by atoms with Crippen molar-refractivity contribution in [1.29, 1.82) is 0 Å². The Balaban J connectivity index is 2.08. The van der Waals surface area contributed by atoms with E-state index in [2.05, 4.69) is 4.90 Å². The molecule has 2 aromatic rings. The average Bonchev–Trinajstić information content (AvgIpc) is 3.12. The second-order valence-electron chi connectivity index (χ2n) is 7.41. The fraction of sp³-hybridized carbons (Fsp3) is 0.348. The van der Waals surface area contributed by atoms with Crippen LogP contribution in [0.4, 0.5) is 0 Å². The number of likely N-dealkylation sites (tertiary alicyclic amines) is 1. The number of likely N-dealkylation sites (N-methyl/N-ethyl adjacent to an activating group) is 1. The van der Waals surface area contributed by atoms with Gasteiger partial charge >= 0.3 is 0 Å². The summed E-state index contributed by atoms with van der Waals surface area (Å²) in [4.78, 5) is 15.1. The summed E-state index contributed by atoms with van der Waals surface area (Å²) in [6.07, 6.45) is 2.96. The number of methoxy groups -OCH3 is 2. The van der Waals surface area contributed by atoms with Gasteiger partial charge in [0.1, 0.15) is 22.8 Å². The van der Waals surface area contributed by atoms with E-state index in [-0.39, 0.29) is 35.5 Å². The summed E-state index contributed by atoms with van der Waals surface area (Å²) in [5.41, 5.74) is 1.26. The number of ether oxygens (including phenoxy) is 2. The summed E-state index contributed by atoms with van der Waals surface area (Å²) in [5, 5.41) is 21.5. The fourth-order valence-electron chi connectivity index (χ4n) is 4.02. The molecule has 160 valence electrons. The Labute approximate surface area is 181 Å². The maximum absolute atomic E-state index is 13.0. The molecule has 2 N–H and O–H groups in total. The number of carbonyl (C=O) groups excluding carboxylic acids is 1. The third-order valence-corrected chi connectivity index (χ3v) is 5.84. The molecule has 6 nitrogen and oxygen atoms in total. The second-order valence-corrected chi connectivity index (χ2v) is 7.82.